The number of nitrogens with zero attached hydrogens (tertiary/aromatic N) is 1. The normalized spacial score (nSPS) is 23.5. The summed E-state index contributed by atoms with van der Waals surface area (Å²) in [5.74, 6) is 1.79. The monoisotopic (exact) mass is 270 g/mol. The van der Waals surface area contributed by atoms with Crippen LogP contribution in [0.4, 0.5) is 0 Å². The average Bonchev–Trinajstić information content (AvgIpc) is 2.64. The number of hydrogen-bond donors (Lipinski definition) is 1. The Morgan fingerprint density at radius 3 is 2.68 bits per heavy atom. The molecule has 1 aliphatic rings. The molecule has 0 aliphatic carbocycles. The van der Waals surface area contributed by atoms with Gasteiger partial charge in [0.2, 0.25) is 0 Å². The Morgan fingerprint density at radius 2 is 2.00 bits per heavy atom. The van der Waals surface area contributed by atoms with Gasteiger partial charge in [0.25, 0.3) is 0 Å². The van der Waals surface area contributed by atoms with Gasteiger partial charge in [0.05, 0.1) is 0 Å². The fourth-order valence-electron chi connectivity index (χ4n) is 3.03. The third kappa shape index (κ3) is 6.73. The number of rotatable bonds is 8. The lowest BCUT2D eigenvalue weighted by molar-refractivity contribution is 0.187. The first-order chi connectivity index (χ1) is 9.15. The van der Waals surface area contributed by atoms with Crippen LogP contribution in [0.25, 0.3) is 0 Å². The Hall–Kier alpha value is -0.120. The van der Waals surface area contributed by atoms with Crippen molar-refractivity contribution >= 4 is 0 Å². The van der Waals surface area contributed by atoms with Crippen LogP contribution in [0.1, 0.15) is 46.5 Å². The fraction of sp³-hybridized carbons (Fsp3) is 1.00. The first kappa shape index (κ1) is 16.9. The molecule has 3 heteroatoms. The van der Waals surface area contributed by atoms with E-state index in [-0.39, 0.29) is 0 Å². The highest BCUT2D eigenvalue weighted by atomic mass is 16.5. The molecule has 1 fully saturated rings. The molecule has 0 amide bonds. The second kappa shape index (κ2) is 9.73. The maximum atomic E-state index is 5.07. The molecule has 1 heterocycles. The van der Waals surface area contributed by atoms with Crippen molar-refractivity contribution in [3.63, 3.8) is 0 Å². The van der Waals surface area contributed by atoms with E-state index in [1.807, 2.05) is 0 Å². The molecule has 3 nitrogen and oxygen atoms in total. The molecular weight excluding hydrogens is 236 g/mol. The van der Waals surface area contributed by atoms with Crippen molar-refractivity contribution in [2.45, 2.75) is 52.5 Å². The molecule has 1 aliphatic heterocycles. The van der Waals surface area contributed by atoms with E-state index in [1.165, 1.54) is 32.4 Å². The maximum absolute atomic E-state index is 5.07. The van der Waals surface area contributed by atoms with Gasteiger partial charge in [-0.05, 0) is 64.1 Å². The zero-order valence-corrected chi connectivity index (χ0v) is 13.5. The molecule has 0 saturated carbocycles. The highest BCUT2D eigenvalue weighted by Crippen LogP contribution is 2.25. The van der Waals surface area contributed by atoms with Crippen LogP contribution in [0.5, 0.6) is 0 Å². The fourth-order valence-corrected chi connectivity index (χ4v) is 3.03. The second-order valence-electron chi connectivity index (χ2n) is 6.37. The minimum Gasteiger partial charge on any atom is -0.385 e. The van der Waals surface area contributed by atoms with Crippen molar-refractivity contribution in [2.24, 2.45) is 11.8 Å². The summed E-state index contributed by atoms with van der Waals surface area (Å²) in [4.78, 5) is 2.67. The smallest absolute Gasteiger partial charge is 0.0474 e. The van der Waals surface area contributed by atoms with Crippen LogP contribution in [0.2, 0.25) is 0 Å². The topological polar surface area (TPSA) is 24.5 Å². The zero-order valence-electron chi connectivity index (χ0n) is 13.5. The molecule has 0 aromatic carbocycles. The molecule has 0 aromatic heterocycles. The number of nitrogens with one attached hydrogen (secondary N) is 1. The van der Waals surface area contributed by atoms with Gasteiger partial charge in [0.1, 0.15) is 0 Å². The van der Waals surface area contributed by atoms with E-state index < -0.39 is 0 Å². The number of likely N-dealkylation sites (tertiary alicyclic amines) is 1. The minimum absolute atomic E-state index is 0.661. The molecule has 2 unspecified atom stereocenters. The van der Waals surface area contributed by atoms with Gasteiger partial charge in [-0.1, -0.05) is 13.8 Å². The van der Waals surface area contributed by atoms with Crippen molar-refractivity contribution in [1.29, 1.82) is 0 Å². The first-order valence-corrected chi connectivity index (χ1v) is 8.08. The number of ether oxygens (including phenoxy) is 1. The standard InChI is InChI=1S/C16H34N2O/c1-14(2)16-7-5-10-18(11-8-16)15(3)13-17-9-6-12-19-4/h14-17H,5-13H2,1-4H3. The Kier molecular flexibility index (Phi) is 8.67. The van der Waals surface area contributed by atoms with Crippen LogP contribution in [-0.2, 0) is 4.74 Å². The van der Waals surface area contributed by atoms with E-state index in [9.17, 15) is 0 Å². The third-order valence-corrected chi connectivity index (χ3v) is 4.52. The maximum Gasteiger partial charge on any atom is 0.0474 e. The van der Waals surface area contributed by atoms with Crippen LogP contribution in [0, 0.1) is 11.8 Å². The highest BCUT2D eigenvalue weighted by Gasteiger charge is 2.21. The Balaban J connectivity index is 2.19. The molecule has 0 bridgehead atoms. The number of methoxy groups -OCH3 is 1. The molecule has 2 atom stereocenters. The van der Waals surface area contributed by atoms with Gasteiger partial charge >= 0.3 is 0 Å². The van der Waals surface area contributed by atoms with Crippen LogP contribution >= 0.6 is 0 Å². The molecule has 1 N–H and O–H groups in total. The molecule has 114 valence electrons. The SMILES string of the molecule is COCCCNCC(C)N1CCCC(C(C)C)CC1. The summed E-state index contributed by atoms with van der Waals surface area (Å²) in [7, 11) is 1.77. The summed E-state index contributed by atoms with van der Waals surface area (Å²) in [5.41, 5.74) is 0. The zero-order chi connectivity index (χ0) is 14.1. The Labute approximate surface area is 120 Å². The van der Waals surface area contributed by atoms with E-state index in [1.54, 1.807) is 7.11 Å². The van der Waals surface area contributed by atoms with E-state index >= 15 is 0 Å². The quantitative estimate of drug-likeness (QED) is 0.686. The molecule has 1 rings (SSSR count). The highest BCUT2D eigenvalue weighted by molar-refractivity contribution is 4.76. The van der Waals surface area contributed by atoms with Crippen molar-refractivity contribution in [3.05, 3.63) is 0 Å². The van der Waals surface area contributed by atoms with Crippen LogP contribution in [0.3, 0.4) is 0 Å². The molecule has 0 radical (unpaired) electrons. The van der Waals surface area contributed by atoms with E-state index in [0.717, 1.165) is 38.0 Å². The van der Waals surface area contributed by atoms with Gasteiger partial charge in [0.15, 0.2) is 0 Å². The van der Waals surface area contributed by atoms with Gasteiger partial charge < -0.3 is 10.1 Å². The summed E-state index contributed by atoms with van der Waals surface area (Å²) in [6, 6.07) is 0.661. The number of hydrogen-bond acceptors (Lipinski definition) is 3. The lowest BCUT2D eigenvalue weighted by Gasteiger charge is -2.28. The average molecular weight is 270 g/mol. The van der Waals surface area contributed by atoms with Gasteiger partial charge in [-0.25, -0.2) is 0 Å². The summed E-state index contributed by atoms with van der Waals surface area (Å²) >= 11 is 0. The third-order valence-electron chi connectivity index (χ3n) is 4.52. The van der Waals surface area contributed by atoms with Crippen molar-refractivity contribution < 1.29 is 4.74 Å². The van der Waals surface area contributed by atoms with Crippen molar-refractivity contribution in [3.8, 4) is 0 Å². The second-order valence-corrected chi connectivity index (χ2v) is 6.37. The van der Waals surface area contributed by atoms with Crippen LogP contribution in [0.15, 0.2) is 0 Å². The Morgan fingerprint density at radius 1 is 1.21 bits per heavy atom. The molecule has 0 aromatic rings. The molecule has 0 spiro atoms. The van der Waals surface area contributed by atoms with Crippen molar-refractivity contribution in [2.75, 3.05) is 39.9 Å². The van der Waals surface area contributed by atoms with Gasteiger partial charge in [-0.3, -0.25) is 4.90 Å². The predicted molar refractivity (Wildman–Crippen MR) is 82.6 cm³/mol. The van der Waals surface area contributed by atoms with Gasteiger partial charge in [-0.15, -0.1) is 0 Å². The molecule has 1 saturated heterocycles. The summed E-state index contributed by atoms with van der Waals surface area (Å²) < 4.78 is 5.07. The lowest BCUT2D eigenvalue weighted by atomic mass is 9.89. The molecule has 19 heavy (non-hydrogen) atoms. The van der Waals surface area contributed by atoms with E-state index in [4.69, 9.17) is 4.74 Å². The summed E-state index contributed by atoms with van der Waals surface area (Å²) in [6.07, 6.45) is 5.28. The van der Waals surface area contributed by atoms with Crippen LogP contribution in [-0.4, -0.2) is 50.8 Å². The molecular formula is C16H34N2O. The summed E-state index contributed by atoms with van der Waals surface area (Å²) in [6.45, 7) is 12.7. The van der Waals surface area contributed by atoms with E-state index in [0.29, 0.717) is 6.04 Å². The van der Waals surface area contributed by atoms with Gasteiger partial charge in [-0.2, -0.15) is 0 Å². The predicted octanol–water partition coefficient (Wildman–Crippen LogP) is 2.76. The van der Waals surface area contributed by atoms with E-state index in [2.05, 4.69) is 31.0 Å². The van der Waals surface area contributed by atoms with Crippen molar-refractivity contribution in [1.82, 2.24) is 10.2 Å². The minimum atomic E-state index is 0.661. The summed E-state index contributed by atoms with van der Waals surface area (Å²) in [5, 5.41) is 3.55. The van der Waals surface area contributed by atoms with Crippen LogP contribution < -0.4 is 5.32 Å². The first-order valence-electron chi connectivity index (χ1n) is 8.08. The van der Waals surface area contributed by atoms with Gasteiger partial charge in [0, 0.05) is 26.3 Å². The lowest BCUT2D eigenvalue weighted by Crippen LogP contribution is -2.41. The largest absolute Gasteiger partial charge is 0.385 e. The Bertz CT molecular complexity index is 221.